The van der Waals surface area contributed by atoms with Gasteiger partial charge in [0.05, 0.1) is 0 Å². The first-order valence-corrected chi connectivity index (χ1v) is 3.43. The van der Waals surface area contributed by atoms with Gasteiger partial charge in [0, 0.05) is 27.6 Å². The quantitative estimate of drug-likeness (QED) is 0.402. The van der Waals surface area contributed by atoms with Gasteiger partial charge in [-0.25, -0.2) is 4.18 Å². The Morgan fingerprint density at radius 1 is 1.60 bits per heavy atom. The van der Waals surface area contributed by atoms with Crippen molar-refractivity contribution in [3.63, 3.8) is 0 Å². The molecule has 0 saturated heterocycles. The molecule has 5 N–H and O–H groups in total. The maximum Gasteiger partial charge on any atom is 0.398 e. The molecule has 0 aliphatic heterocycles. The number of hydrogen-bond acceptors (Lipinski definition) is 5. The second-order valence-corrected chi connectivity index (χ2v) is 2.35. The van der Waals surface area contributed by atoms with Crippen LogP contribution < -0.4 is 11.5 Å². The molecule has 1 atom stereocenters. The van der Waals surface area contributed by atoms with Gasteiger partial charge in [0.25, 0.3) is 0 Å². The minimum atomic E-state index is -4.44. The molecule has 0 fully saturated rings. The van der Waals surface area contributed by atoms with Crippen LogP contribution in [0.15, 0.2) is 0 Å². The number of nitrogens with two attached hydrogens (primary N) is 2. The third-order valence-electron chi connectivity index (χ3n) is 0.478. The van der Waals surface area contributed by atoms with Gasteiger partial charge in [-0.05, 0) is 0 Å². The molecule has 0 aromatic heterocycles. The van der Waals surface area contributed by atoms with Crippen LogP contribution in [0.4, 0.5) is 0 Å². The van der Waals surface area contributed by atoms with Crippen molar-refractivity contribution < 1.29 is 38.2 Å². The summed E-state index contributed by atoms with van der Waals surface area (Å²) in [5, 5.41) is 0. The number of rotatable bonds is 3. The van der Waals surface area contributed by atoms with Crippen LogP contribution in [0.3, 0.4) is 0 Å². The van der Waals surface area contributed by atoms with E-state index in [0.29, 0.717) is 0 Å². The molecule has 0 amide bonds. The standard InChI is InChI=1S/C2H8N2O4S.Pt/c3-1-2(4)8-9(5,6)7;/h2H,1,3-4H2,(H,5,6,7);. The largest absolute Gasteiger partial charge is 0.398 e. The summed E-state index contributed by atoms with van der Waals surface area (Å²) in [7, 11) is -4.44. The van der Waals surface area contributed by atoms with Crippen LogP contribution in [0.2, 0.25) is 0 Å². The van der Waals surface area contributed by atoms with Crippen molar-refractivity contribution in [1.29, 1.82) is 0 Å². The van der Waals surface area contributed by atoms with Crippen molar-refractivity contribution >= 4 is 10.4 Å². The molecule has 0 radical (unpaired) electrons. The van der Waals surface area contributed by atoms with E-state index in [1.54, 1.807) is 0 Å². The molecular formula is C2H8N2O4PtS. The maximum absolute atomic E-state index is 9.80. The minimum Gasteiger partial charge on any atom is -0.327 e. The third kappa shape index (κ3) is 8.48. The molecule has 10 heavy (non-hydrogen) atoms. The molecule has 8 heteroatoms. The maximum atomic E-state index is 9.80. The van der Waals surface area contributed by atoms with Crippen molar-refractivity contribution in [2.24, 2.45) is 11.5 Å². The Hall–Kier alpha value is 0.478. The van der Waals surface area contributed by atoms with Gasteiger partial charge < -0.3 is 11.5 Å². The van der Waals surface area contributed by atoms with E-state index in [1.165, 1.54) is 0 Å². The van der Waals surface area contributed by atoms with E-state index in [-0.39, 0.29) is 27.6 Å². The van der Waals surface area contributed by atoms with E-state index >= 15 is 0 Å². The molecule has 0 heterocycles. The first-order valence-electron chi connectivity index (χ1n) is 2.07. The normalized spacial score (nSPS) is 13.9. The van der Waals surface area contributed by atoms with Crippen LogP contribution in [0.5, 0.6) is 0 Å². The van der Waals surface area contributed by atoms with E-state index in [4.69, 9.17) is 16.0 Å². The van der Waals surface area contributed by atoms with E-state index in [2.05, 4.69) is 4.18 Å². The van der Waals surface area contributed by atoms with Crippen molar-refractivity contribution in [2.75, 3.05) is 6.54 Å². The Morgan fingerprint density at radius 3 is 2.10 bits per heavy atom. The van der Waals surface area contributed by atoms with Crippen molar-refractivity contribution in [2.45, 2.75) is 6.23 Å². The van der Waals surface area contributed by atoms with E-state index < -0.39 is 16.6 Å². The van der Waals surface area contributed by atoms with Gasteiger partial charge in [0.2, 0.25) is 0 Å². The smallest absolute Gasteiger partial charge is 0.327 e. The van der Waals surface area contributed by atoms with Crippen LogP contribution in [-0.2, 0) is 35.6 Å². The number of hydrogen-bond donors (Lipinski definition) is 3. The third-order valence-corrected chi connectivity index (χ3v) is 0.968. The predicted molar refractivity (Wildman–Crippen MR) is 29.7 cm³/mol. The summed E-state index contributed by atoms with van der Waals surface area (Å²) >= 11 is 0. The summed E-state index contributed by atoms with van der Waals surface area (Å²) in [4.78, 5) is 0. The summed E-state index contributed by atoms with van der Waals surface area (Å²) in [5.41, 5.74) is 9.73. The van der Waals surface area contributed by atoms with Crippen molar-refractivity contribution in [3.8, 4) is 0 Å². The predicted octanol–water partition coefficient (Wildman–Crippen LogP) is -1.95. The fraction of sp³-hybridized carbons (Fsp3) is 1.00. The van der Waals surface area contributed by atoms with Gasteiger partial charge in [-0.1, -0.05) is 0 Å². The SMILES string of the molecule is NCC(N)OS(=O)(=O)O.[Pt]. The van der Waals surface area contributed by atoms with Gasteiger partial charge in [-0.2, -0.15) is 8.42 Å². The fourth-order valence-corrected chi connectivity index (χ4v) is 0.586. The molecule has 0 spiro atoms. The molecule has 0 saturated carbocycles. The van der Waals surface area contributed by atoms with Crippen molar-refractivity contribution in [3.05, 3.63) is 0 Å². The van der Waals surface area contributed by atoms with E-state index in [9.17, 15) is 8.42 Å². The molecule has 6 nitrogen and oxygen atoms in total. The van der Waals surface area contributed by atoms with Crippen LogP contribution in [-0.4, -0.2) is 25.7 Å². The Bertz CT molecular complexity index is 168. The molecule has 0 aliphatic rings. The summed E-state index contributed by atoms with van der Waals surface area (Å²) in [6.07, 6.45) is -1.17. The fourth-order valence-electron chi connectivity index (χ4n) is 0.195. The topological polar surface area (TPSA) is 116 Å². The van der Waals surface area contributed by atoms with E-state index in [0.717, 1.165) is 0 Å². The zero-order valence-corrected chi connectivity index (χ0v) is 7.92. The van der Waals surface area contributed by atoms with E-state index in [1.807, 2.05) is 0 Å². The van der Waals surface area contributed by atoms with Gasteiger partial charge in [-0.3, -0.25) is 4.55 Å². The summed E-state index contributed by atoms with van der Waals surface area (Å²) in [6, 6.07) is 0. The van der Waals surface area contributed by atoms with Gasteiger partial charge in [0.15, 0.2) is 0 Å². The monoisotopic (exact) mass is 351 g/mol. The van der Waals surface area contributed by atoms with Gasteiger partial charge >= 0.3 is 10.4 Å². The Balaban J connectivity index is 0. The van der Waals surface area contributed by atoms with Gasteiger partial charge in [-0.15, -0.1) is 0 Å². The summed E-state index contributed by atoms with van der Waals surface area (Å²) in [6.45, 7) is -0.167. The molecule has 0 aromatic rings. The zero-order valence-electron chi connectivity index (χ0n) is 4.84. The van der Waals surface area contributed by atoms with Crippen LogP contribution >= 0.6 is 0 Å². The Kier molecular flexibility index (Phi) is 6.77. The Morgan fingerprint density at radius 2 is 2.00 bits per heavy atom. The summed E-state index contributed by atoms with van der Waals surface area (Å²) < 4.78 is 31.3. The van der Waals surface area contributed by atoms with Crippen LogP contribution in [0.1, 0.15) is 0 Å². The van der Waals surface area contributed by atoms with Crippen molar-refractivity contribution in [1.82, 2.24) is 0 Å². The van der Waals surface area contributed by atoms with Crippen LogP contribution in [0, 0.1) is 0 Å². The Labute approximate surface area is 73.1 Å². The zero-order chi connectivity index (χ0) is 7.49. The second kappa shape index (κ2) is 5.17. The second-order valence-electron chi connectivity index (χ2n) is 1.30. The molecule has 0 bridgehead atoms. The average Bonchev–Trinajstić information content (AvgIpc) is 1.62. The molecule has 1 unspecified atom stereocenters. The average molecular weight is 351 g/mol. The molecule has 0 aromatic carbocycles. The van der Waals surface area contributed by atoms with Gasteiger partial charge in [0.1, 0.15) is 6.23 Å². The molecule has 66 valence electrons. The molecule has 0 rings (SSSR count). The molecule has 0 aliphatic carbocycles. The minimum absolute atomic E-state index is 0. The first kappa shape index (κ1) is 13.1. The first-order chi connectivity index (χ1) is 3.95. The molecular weight excluding hydrogens is 343 g/mol. The summed E-state index contributed by atoms with van der Waals surface area (Å²) in [5.74, 6) is 0. The van der Waals surface area contributed by atoms with Crippen LogP contribution in [0.25, 0.3) is 0 Å².